The van der Waals surface area contributed by atoms with Gasteiger partial charge in [0.25, 0.3) is 0 Å². The number of sulfonamides is 1. The van der Waals surface area contributed by atoms with Crippen LogP contribution in [0, 0.1) is 0 Å². The second-order valence-electron chi connectivity index (χ2n) is 4.68. The van der Waals surface area contributed by atoms with Gasteiger partial charge in [0.15, 0.2) is 5.13 Å². The minimum atomic E-state index is -3.34. The van der Waals surface area contributed by atoms with E-state index >= 15 is 0 Å². The second kappa shape index (κ2) is 8.96. The van der Waals surface area contributed by atoms with E-state index in [-0.39, 0.29) is 24.1 Å². The number of carbonyl (C=O) groups excluding carboxylic acids is 1. The number of unbranched alkanes of at least 4 members (excludes halogenated alkanes) is 3. The lowest BCUT2D eigenvalue weighted by Gasteiger charge is -2.03. The largest absolute Gasteiger partial charge is 0.396 e. The molecule has 3 N–H and O–H groups in total. The molecule has 0 aliphatic rings. The van der Waals surface area contributed by atoms with Gasteiger partial charge < -0.3 is 10.4 Å². The molecule has 0 atom stereocenters. The summed E-state index contributed by atoms with van der Waals surface area (Å²) in [6.45, 7) is 0.808. The highest BCUT2D eigenvalue weighted by Gasteiger charge is 2.09. The van der Waals surface area contributed by atoms with Gasteiger partial charge in [-0.05, 0) is 12.8 Å². The lowest BCUT2D eigenvalue weighted by molar-refractivity contribution is -0.120. The summed E-state index contributed by atoms with van der Waals surface area (Å²) in [5.41, 5.74) is 0.545. The van der Waals surface area contributed by atoms with E-state index in [2.05, 4.69) is 15.0 Å². The first-order chi connectivity index (χ1) is 9.90. The van der Waals surface area contributed by atoms with E-state index in [0.717, 1.165) is 43.3 Å². The SMILES string of the molecule is CS(=O)(=O)Nc1nc(CC(=O)NCCCCCCO)cs1. The molecule has 120 valence electrons. The number of nitrogens with one attached hydrogen (secondary N) is 2. The number of carbonyl (C=O) groups is 1. The Bertz CT molecular complexity index is 542. The van der Waals surface area contributed by atoms with Crippen LogP contribution in [0.15, 0.2) is 5.38 Å². The standard InChI is InChI=1S/C12H21N3O4S2/c1-21(18,19)15-12-14-10(9-20-12)8-11(17)13-6-4-2-3-5-7-16/h9,16H,2-8H2,1H3,(H,13,17)(H,14,15). The topological polar surface area (TPSA) is 108 Å². The molecule has 0 unspecified atom stereocenters. The number of aliphatic hydroxyl groups is 1. The average Bonchev–Trinajstić information content (AvgIpc) is 2.78. The molecule has 9 heteroatoms. The highest BCUT2D eigenvalue weighted by atomic mass is 32.2. The molecule has 0 aliphatic heterocycles. The fourth-order valence-electron chi connectivity index (χ4n) is 1.64. The zero-order chi connectivity index (χ0) is 15.7. The van der Waals surface area contributed by atoms with Gasteiger partial charge in [0, 0.05) is 18.5 Å². The Labute approximate surface area is 128 Å². The molecule has 1 rings (SSSR count). The number of hydrogen-bond donors (Lipinski definition) is 3. The third-order valence-electron chi connectivity index (χ3n) is 2.57. The smallest absolute Gasteiger partial charge is 0.231 e. The maximum atomic E-state index is 11.7. The van der Waals surface area contributed by atoms with E-state index in [0.29, 0.717) is 12.2 Å². The molecule has 1 amide bonds. The summed E-state index contributed by atoms with van der Waals surface area (Å²) in [5, 5.41) is 13.3. The summed E-state index contributed by atoms with van der Waals surface area (Å²) in [5.74, 6) is -0.131. The van der Waals surface area contributed by atoms with Gasteiger partial charge in [-0.1, -0.05) is 12.8 Å². The highest BCUT2D eigenvalue weighted by Crippen LogP contribution is 2.16. The van der Waals surface area contributed by atoms with Crippen LogP contribution >= 0.6 is 11.3 Å². The summed E-state index contributed by atoms with van der Waals surface area (Å²) < 4.78 is 24.4. The van der Waals surface area contributed by atoms with Gasteiger partial charge in [-0.15, -0.1) is 11.3 Å². The number of amides is 1. The first-order valence-corrected chi connectivity index (χ1v) is 9.47. The Morgan fingerprint density at radius 2 is 2.05 bits per heavy atom. The minimum absolute atomic E-state index is 0.131. The molecule has 0 bridgehead atoms. The van der Waals surface area contributed by atoms with Crippen molar-refractivity contribution in [2.75, 3.05) is 24.1 Å². The average molecular weight is 335 g/mol. The van der Waals surface area contributed by atoms with Crippen LogP contribution in [0.1, 0.15) is 31.4 Å². The van der Waals surface area contributed by atoms with Crippen LogP contribution in [-0.2, 0) is 21.2 Å². The molecule has 1 aromatic heterocycles. The molecule has 0 saturated carbocycles. The number of nitrogens with zero attached hydrogens (tertiary/aromatic N) is 1. The lowest BCUT2D eigenvalue weighted by Crippen LogP contribution is -2.26. The summed E-state index contributed by atoms with van der Waals surface area (Å²) in [6, 6.07) is 0. The molecular formula is C12H21N3O4S2. The zero-order valence-electron chi connectivity index (χ0n) is 12.0. The van der Waals surface area contributed by atoms with Crippen LogP contribution in [0.2, 0.25) is 0 Å². The molecule has 0 aromatic carbocycles. The van der Waals surface area contributed by atoms with E-state index in [1.807, 2.05) is 0 Å². The molecule has 7 nitrogen and oxygen atoms in total. The number of rotatable bonds is 10. The number of aliphatic hydroxyl groups excluding tert-OH is 1. The summed E-state index contributed by atoms with van der Waals surface area (Å²) in [7, 11) is -3.34. The van der Waals surface area contributed by atoms with E-state index in [9.17, 15) is 13.2 Å². The molecule has 0 fully saturated rings. The first-order valence-electron chi connectivity index (χ1n) is 6.70. The van der Waals surface area contributed by atoms with Gasteiger partial charge in [0.05, 0.1) is 18.4 Å². The van der Waals surface area contributed by atoms with Crippen molar-refractivity contribution >= 4 is 32.4 Å². The maximum absolute atomic E-state index is 11.7. The quantitative estimate of drug-likeness (QED) is 0.546. The molecule has 0 saturated heterocycles. The van der Waals surface area contributed by atoms with Crippen molar-refractivity contribution < 1.29 is 18.3 Å². The maximum Gasteiger partial charge on any atom is 0.231 e. The van der Waals surface area contributed by atoms with Crippen LogP contribution in [-0.4, -0.2) is 43.8 Å². The molecule has 1 heterocycles. The van der Waals surface area contributed by atoms with Gasteiger partial charge in [-0.25, -0.2) is 13.4 Å². The molecule has 0 radical (unpaired) electrons. The van der Waals surface area contributed by atoms with Gasteiger partial charge in [0.1, 0.15) is 0 Å². The highest BCUT2D eigenvalue weighted by molar-refractivity contribution is 7.92. The van der Waals surface area contributed by atoms with E-state index in [4.69, 9.17) is 5.11 Å². The van der Waals surface area contributed by atoms with Crippen molar-refractivity contribution in [2.45, 2.75) is 32.1 Å². The van der Waals surface area contributed by atoms with Crippen LogP contribution in [0.5, 0.6) is 0 Å². The van der Waals surface area contributed by atoms with Crippen molar-refractivity contribution in [1.29, 1.82) is 0 Å². The van der Waals surface area contributed by atoms with Gasteiger partial charge in [0.2, 0.25) is 15.9 Å². The molecule has 0 aliphatic carbocycles. The van der Waals surface area contributed by atoms with Crippen LogP contribution in [0.4, 0.5) is 5.13 Å². The number of aromatic nitrogens is 1. The van der Waals surface area contributed by atoms with Crippen molar-refractivity contribution in [1.82, 2.24) is 10.3 Å². The predicted molar refractivity (Wildman–Crippen MR) is 82.8 cm³/mol. The number of anilines is 1. The fourth-order valence-corrected chi connectivity index (χ4v) is 3.20. The summed E-state index contributed by atoms with van der Waals surface area (Å²) in [6.07, 6.45) is 4.79. The van der Waals surface area contributed by atoms with Crippen LogP contribution in [0.3, 0.4) is 0 Å². The monoisotopic (exact) mass is 335 g/mol. The van der Waals surface area contributed by atoms with Gasteiger partial charge in [-0.2, -0.15) is 0 Å². The van der Waals surface area contributed by atoms with Crippen LogP contribution < -0.4 is 10.0 Å². The lowest BCUT2D eigenvalue weighted by atomic mass is 10.2. The predicted octanol–water partition coefficient (Wildman–Crippen LogP) is 0.726. The normalized spacial score (nSPS) is 11.3. The Morgan fingerprint density at radius 3 is 2.71 bits per heavy atom. The fraction of sp³-hybridized carbons (Fsp3) is 0.667. The second-order valence-corrected chi connectivity index (χ2v) is 7.29. The molecule has 0 spiro atoms. The van der Waals surface area contributed by atoms with Crippen molar-refractivity contribution in [2.24, 2.45) is 0 Å². The van der Waals surface area contributed by atoms with Gasteiger partial charge in [-0.3, -0.25) is 9.52 Å². The van der Waals surface area contributed by atoms with Gasteiger partial charge >= 0.3 is 0 Å². The first kappa shape index (κ1) is 17.9. The third kappa shape index (κ3) is 8.64. The van der Waals surface area contributed by atoms with Crippen LogP contribution in [0.25, 0.3) is 0 Å². The Balaban J connectivity index is 2.25. The van der Waals surface area contributed by atoms with E-state index < -0.39 is 10.0 Å². The number of hydrogen-bond acceptors (Lipinski definition) is 6. The molecular weight excluding hydrogens is 314 g/mol. The molecule has 21 heavy (non-hydrogen) atoms. The summed E-state index contributed by atoms with van der Waals surface area (Å²) in [4.78, 5) is 15.7. The summed E-state index contributed by atoms with van der Waals surface area (Å²) >= 11 is 1.15. The minimum Gasteiger partial charge on any atom is -0.396 e. The Hall–Kier alpha value is -1.19. The third-order valence-corrected chi connectivity index (χ3v) is 4.07. The van der Waals surface area contributed by atoms with Crippen molar-refractivity contribution in [3.8, 4) is 0 Å². The van der Waals surface area contributed by atoms with Crippen molar-refractivity contribution in [3.63, 3.8) is 0 Å². The Morgan fingerprint density at radius 1 is 1.33 bits per heavy atom. The van der Waals surface area contributed by atoms with E-state index in [1.54, 1.807) is 5.38 Å². The zero-order valence-corrected chi connectivity index (χ0v) is 13.6. The number of thiazole rings is 1. The molecule has 1 aromatic rings. The van der Waals surface area contributed by atoms with Crippen molar-refractivity contribution in [3.05, 3.63) is 11.1 Å². The Kier molecular flexibility index (Phi) is 7.62. The van der Waals surface area contributed by atoms with E-state index in [1.165, 1.54) is 0 Å².